The molecule has 3 heteroatoms. The van der Waals surface area contributed by atoms with Crippen molar-refractivity contribution in [3.8, 4) is 0 Å². The first-order chi connectivity index (χ1) is 7.36. The Balaban J connectivity index is 2.08. The quantitative estimate of drug-likeness (QED) is 0.781. The molecule has 0 aliphatic heterocycles. The van der Waals surface area contributed by atoms with Crippen LogP contribution in [0.5, 0.6) is 0 Å². The van der Waals surface area contributed by atoms with Gasteiger partial charge < -0.3 is 14.5 Å². The van der Waals surface area contributed by atoms with Crippen molar-refractivity contribution in [3.05, 3.63) is 24.2 Å². The number of likely N-dealkylation sites (N-methyl/N-ethyl adjacent to an activating group) is 1. The molecule has 2 unspecified atom stereocenters. The zero-order chi connectivity index (χ0) is 10.7. The first-order valence-electron chi connectivity index (χ1n) is 5.69. The van der Waals surface area contributed by atoms with Gasteiger partial charge in [-0.05, 0) is 44.9 Å². The SMILES string of the molecule is CCOC(C1CC1)C(NC)c1ccco1. The fraction of sp³-hybridized carbons (Fsp3) is 0.667. The van der Waals surface area contributed by atoms with Gasteiger partial charge >= 0.3 is 0 Å². The first kappa shape index (κ1) is 10.7. The molecule has 0 spiro atoms. The van der Waals surface area contributed by atoms with Gasteiger partial charge in [-0.25, -0.2) is 0 Å². The Morgan fingerprint density at radius 3 is 2.87 bits per heavy atom. The van der Waals surface area contributed by atoms with Gasteiger partial charge in [-0.3, -0.25) is 0 Å². The van der Waals surface area contributed by atoms with Crippen LogP contribution in [0.25, 0.3) is 0 Å². The lowest BCUT2D eigenvalue weighted by Crippen LogP contribution is -2.33. The van der Waals surface area contributed by atoms with Gasteiger partial charge in [-0.2, -0.15) is 0 Å². The molecule has 0 amide bonds. The maximum atomic E-state index is 5.82. The van der Waals surface area contributed by atoms with Gasteiger partial charge in [0.25, 0.3) is 0 Å². The fourth-order valence-electron chi connectivity index (χ4n) is 2.06. The third-order valence-electron chi connectivity index (χ3n) is 2.93. The highest BCUT2D eigenvalue weighted by Gasteiger charge is 2.38. The number of furan rings is 1. The lowest BCUT2D eigenvalue weighted by atomic mass is 10.0. The van der Waals surface area contributed by atoms with Crippen LogP contribution < -0.4 is 5.32 Å². The van der Waals surface area contributed by atoms with Crippen molar-refractivity contribution in [1.82, 2.24) is 5.32 Å². The van der Waals surface area contributed by atoms with Crippen molar-refractivity contribution in [2.75, 3.05) is 13.7 Å². The normalized spacial score (nSPS) is 20.1. The smallest absolute Gasteiger partial charge is 0.123 e. The number of hydrogen-bond acceptors (Lipinski definition) is 3. The molecule has 1 N–H and O–H groups in total. The summed E-state index contributed by atoms with van der Waals surface area (Å²) in [6.07, 6.45) is 4.54. The van der Waals surface area contributed by atoms with Crippen LogP contribution in [0.2, 0.25) is 0 Å². The van der Waals surface area contributed by atoms with E-state index in [-0.39, 0.29) is 12.1 Å². The number of rotatable bonds is 6. The van der Waals surface area contributed by atoms with Crippen molar-refractivity contribution in [2.45, 2.75) is 31.9 Å². The summed E-state index contributed by atoms with van der Waals surface area (Å²) in [5.41, 5.74) is 0. The van der Waals surface area contributed by atoms with Gasteiger partial charge in [0, 0.05) is 6.61 Å². The van der Waals surface area contributed by atoms with Gasteiger partial charge in [0.1, 0.15) is 5.76 Å². The standard InChI is InChI=1S/C12H19NO2/c1-3-14-12(9-6-7-9)11(13-2)10-5-4-8-15-10/h4-5,8-9,11-13H,3,6-7H2,1-2H3. The Labute approximate surface area is 90.8 Å². The molecule has 0 saturated heterocycles. The number of hydrogen-bond donors (Lipinski definition) is 1. The summed E-state index contributed by atoms with van der Waals surface area (Å²) >= 11 is 0. The summed E-state index contributed by atoms with van der Waals surface area (Å²) in [6, 6.07) is 4.12. The van der Waals surface area contributed by atoms with Gasteiger partial charge in [0.15, 0.2) is 0 Å². The van der Waals surface area contributed by atoms with Gasteiger partial charge in [0.2, 0.25) is 0 Å². The van der Waals surface area contributed by atoms with E-state index < -0.39 is 0 Å². The average Bonchev–Trinajstić information content (AvgIpc) is 2.96. The summed E-state index contributed by atoms with van der Waals surface area (Å²) < 4.78 is 11.3. The first-order valence-corrected chi connectivity index (χ1v) is 5.69. The molecule has 84 valence electrons. The Morgan fingerprint density at radius 2 is 2.40 bits per heavy atom. The maximum Gasteiger partial charge on any atom is 0.123 e. The Bertz CT molecular complexity index is 280. The van der Waals surface area contributed by atoms with Crippen LogP contribution in [0.4, 0.5) is 0 Å². The fourth-order valence-corrected chi connectivity index (χ4v) is 2.06. The molecule has 0 radical (unpaired) electrons. The lowest BCUT2D eigenvalue weighted by molar-refractivity contribution is 0.0152. The third-order valence-corrected chi connectivity index (χ3v) is 2.93. The van der Waals surface area contributed by atoms with Crippen LogP contribution in [0.15, 0.2) is 22.8 Å². The molecule has 2 atom stereocenters. The van der Waals surface area contributed by atoms with E-state index in [1.807, 2.05) is 26.1 Å². The topological polar surface area (TPSA) is 34.4 Å². The van der Waals surface area contributed by atoms with E-state index in [9.17, 15) is 0 Å². The van der Waals surface area contributed by atoms with Gasteiger partial charge in [-0.15, -0.1) is 0 Å². The van der Waals surface area contributed by atoms with Gasteiger partial charge in [-0.1, -0.05) is 0 Å². The Morgan fingerprint density at radius 1 is 1.60 bits per heavy atom. The second-order valence-electron chi connectivity index (χ2n) is 4.04. The minimum Gasteiger partial charge on any atom is -0.468 e. The summed E-state index contributed by atoms with van der Waals surface area (Å²) in [4.78, 5) is 0. The molecule has 1 heterocycles. The van der Waals surface area contributed by atoms with Crippen molar-refractivity contribution < 1.29 is 9.15 Å². The summed E-state index contributed by atoms with van der Waals surface area (Å²) in [5.74, 6) is 1.68. The third kappa shape index (κ3) is 2.41. The summed E-state index contributed by atoms with van der Waals surface area (Å²) in [7, 11) is 1.96. The Hall–Kier alpha value is -0.800. The van der Waals surface area contributed by atoms with Crippen LogP contribution in [0.1, 0.15) is 31.6 Å². The average molecular weight is 209 g/mol. The molecular formula is C12H19NO2. The van der Waals surface area contributed by atoms with E-state index in [0.29, 0.717) is 5.92 Å². The molecule has 1 aromatic heterocycles. The molecule has 0 aromatic carbocycles. The van der Waals surface area contributed by atoms with E-state index >= 15 is 0 Å². The zero-order valence-corrected chi connectivity index (χ0v) is 9.40. The molecule has 1 aliphatic rings. The zero-order valence-electron chi connectivity index (χ0n) is 9.40. The highest BCUT2D eigenvalue weighted by Crippen LogP contribution is 2.39. The summed E-state index contributed by atoms with van der Waals surface area (Å²) in [6.45, 7) is 2.81. The highest BCUT2D eigenvalue weighted by molar-refractivity contribution is 5.08. The minimum absolute atomic E-state index is 0.187. The molecule has 1 aliphatic carbocycles. The maximum absolute atomic E-state index is 5.82. The van der Waals surface area contributed by atoms with E-state index in [4.69, 9.17) is 9.15 Å². The van der Waals surface area contributed by atoms with Crippen LogP contribution in [0, 0.1) is 5.92 Å². The Kier molecular flexibility index (Phi) is 3.44. The van der Waals surface area contributed by atoms with Crippen LogP contribution >= 0.6 is 0 Å². The highest BCUT2D eigenvalue weighted by atomic mass is 16.5. The minimum atomic E-state index is 0.187. The van der Waals surface area contributed by atoms with E-state index in [0.717, 1.165) is 12.4 Å². The number of ether oxygens (including phenoxy) is 1. The largest absolute Gasteiger partial charge is 0.468 e. The van der Waals surface area contributed by atoms with Crippen LogP contribution in [0.3, 0.4) is 0 Å². The van der Waals surface area contributed by atoms with E-state index in [1.165, 1.54) is 12.8 Å². The van der Waals surface area contributed by atoms with E-state index in [2.05, 4.69) is 5.32 Å². The van der Waals surface area contributed by atoms with Crippen molar-refractivity contribution in [2.24, 2.45) is 5.92 Å². The molecular weight excluding hydrogens is 190 g/mol. The molecule has 1 fully saturated rings. The monoisotopic (exact) mass is 209 g/mol. The molecule has 2 rings (SSSR count). The van der Waals surface area contributed by atoms with Crippen LogP contribution in [-0.2, 0) is 4.74 Å². The molecule has 3 nitrogen and oxygen atoms in total. The predicted octanol–water partition coefficient (Wildman–Crippen LogP) is 2.36. The van der Waals surface area contributed by atoms with Crippen LogP contribution in [-0.4, -0.2) is 19.8 Å². The molecule has 15 heavy (non-hydrogen) atoms. The van der Waals surface area contributed by atoms with Crippen molar-refractivity contribution in [1.29, 1.82) is 0 Å². The molecule has 1 aromatic rings. The van der Waals surface area contributed by atoms with Gasteiger partial charge in [0.05, 0.1) is 18.4 Å². The van der Waals surface area contributed by atoms with E-state index in [1.54, 1.807) is 6.26 Å². The second-order valence-corrected chi connectivity index (χ2v) is 4.04. The molecule has 1 saturated carbocycles. The summed E-state index contributed by atoms with van der Waals surface area (Å²) in [5, 5.41) is 3.29. The lowest BCUT2D eigenvalue weighted by Gasteiger charge is -2.25. The molecule has 0 bridgehead atoms. The number of nitrogens with one attached hydrogen (secondary N) is 1. The second kappa shape index (κ2) is 4.81. The van der Waals surface area contributed by atoms with Crippen molar-refractivity contribution in [3.63, 3.8) is 0 Å². The predicted molar refractivity (Wildman–Crippen MR) is 58.6 cm³/mol. The van der Waals surface area contributed by atoms with Crippen molar-refractivity contribution >= 4 is 0 Å².